The van der Waals surface area contributed by atoms with Gasteiger partial charge in [-0.3, -0.25) is 0 Å². The zero-order valence-electron chi connectivity index (χ0n) is 13.0. The monoisotopic (exact) mass is 324 g/mol. The molecule has 124 valence electrons. The molecule has 6 heteroatoms. The molecule has 0 N–H and O–H groups in total. The summed E-state index contributed by atoms with van der Waals surface area (Å²) >= 11 is 0. The molecule has 0 spiro atoms. The highest BCUT2D eigenvalue weighted by atomic mass is 19.4. The first-order valence-corrected chi connectivity index (χ1v) is 7.92. The average Bonchev–Trinajstić information content (AvgIpc) is 2.93. The number of ether oxygens (including phenoxy) is 1. The molecule has 0 fully saturated rings. The Morgan fingerprint density at radius 1 is 1.13 bits per heavy atom. The Hall–Kier alpha value is -1.98. The van der Waals surface area contributed by atoms with Crippen molar-refractivity contribution in [2.75, 3.05) is 6.61 Å². The van der Waals surface area contributed by atoms with E-state index in [4.69, 9.17) is 4.74 Å². The third kappa shape index (κ3) is 3.21. The van der Waals surface area contributed by atoms with Gasteiger partial charge in [-0.2, -0.15) is 18.3 Å². The molecule has 0 saturated carbocycles. The first kappa shape index (κ1) is 15.9. The van der Waals surface area contributed by atoms with Crippen LogP contribution in [0.4, 0.5) is 13.2 Å². The minimum atomic E-state index is -4.41. The number of rotatable bonds is 4. The fourth-order valence-electron chi connectivity index (χ4n) is 2.94. The van der Waals surface area contributed by atoms with Gasteiger partial charge in [-0.25, -0.2) is 4.68 Å². The van der Waals surface area contributed by atoms with Crippen molar-refractivity contribution >= 4 is 0 Å². The SMILES string of the molecule is CCCOc1ccc(-n2nc(C(F)(F)F)c3c2CCCC3)cc1. The van der Waals surface area contributed by atoms with Crippen LogP contribution in [-0.4, -0.2) is 16.4 Å². The first-order chi connectivity index (χ1) is 11.0. The molecule has 2 aromatic rings. The summed E-state index contributed by atoms with van der Waals surface area (Å²) in [5, 5.41) is 3.88. The second-order valence-corrected chi connectivity index (χ2v) is 5.73. The fourth-order valence-corrected chi connectivity index (χ4v) is 2.94. The molecule has 23 heavy (non-hydrogen) atoms. The van der Waals surface area contributed by atoms with E-state index in [2.05, 4.69) is 5.10 Å². The Balaban J connectivity index is 1.98. The lowest BCUT2D eigenvalue weighted by Crippen LogP contribution is -2.11. The normalized spacial score (nSPS) is 14.6. The van der Waals surface area contributed by atoms with Gasteiger partial charge in [0.2, 0.25) is 0 Å². The molecule has 1 aromatic heterocycles. The summed E-state index contributed by atoms with van der Waals surface area (Å²) in [5.74, 6) is 0.715. The van der Waals surface area contributed by atoms with Gasteiger partial charge in [-0.1, -0.05) is 6.92 Å². The molecule has 3 nitrogen and oxygen atoms in total. The number of alkyl halides is 3. The van der Waals surface area contributed by atoms with Crippen molar-refractivity contribution in [2.24, 2.45) is 0 Å². The van der Waals surface area contributed by atoms with Crippen LogP contribution < -0.4 is 4.74 Å². The third-order valence-electron chi connectivity index (χ3n) is 4.00. The predicted molar refractivity (Wildman–Crippen MR) is 81.0 cm³/mol. The summed E-state index contributed by atoms with van der Waals surface area (Å²) in [6.07, 6.45) is -0.742. The molecule has 0 bridgehead atoms. The average molecular weight is 324 g/mol. The number of halogens is 3. The highest BCUT2D eigenvalue weighted by Gasteiger charge is 2.39. The summed E-state index contributed by atoms with van der Waals surface area (Å²) in [6, 6.07) is 7.06. The molecule has 0 radical (unpaired) electrons. The van der Waals surface area contributed by atoms with E-state index >= 15 is 0 Å². The van der Waals surface area contributed by atoms with Gasteiger partial charge in [-0.15, -0.1) is 0 Å². The van der Waals surface area contributed by atoms with Crippen LogP contribution in [-0.2, 0) is 19.0 Å². The smallest absolute Gasteiger partial charge is 0.435 e. The minimum Gasteiger partial charge on any atom is -0.494 e. The summed E-state index contributed by atoms with van der Waals surface area (Å²) in [4.78, 5) is 0. The van der Waals surface area contributed by atoms with E-state index in [0.29, 0.717) is 42.1 Å². The van der Waals surface area contributed by atoms with Gasteiger partial charge in [0, 0.05) is 11.3 Å². The molecule has 1 aromatic carbocycles. The molecule has 1 aliphatic carbocycles. The van der Waals surface area contributed by atoms with E-state index in [1.807, 2.05) is 6.92 Å². The van der Waals surface area contributed by atoms with Gasteiger partial charge >= 0.3 is 6.18 Å². The van der Waals surface area contributed by atoms with Crippen molar-refractivity contribution in [3.63, 3.8) is 0 Å². The van der Waals surface area contributed by atoms with E-state index in [1.165, 1.54) is 4.68 Å². The van der Waals surface area contributed by atoms with Crippen LogP contribution in [0.25, 0.3) is 5.69 Å². The quantitative estimate of drug-likeness (QED) is 0.824. The van der Waals surface area contributed by atoms with Gasteiger partial charge < -0.3 is 4.74 Å². The van der Waals surface area contributed by atoms with E-state index in [-0.39, 0.29) is 0 Å². The maximum absolute atomic E-state index is 13.2. The molecule has 0 unspecified atom stereocenters. The van der Waals surface area contributed by atoms with Crippen LogP contribution in [0.5, 0.6) is 5.75 Å². The Morgan fingerprint density at radius 3 is 2.48 bits per heavy atom. The van der Waals surface area contributed by atoms with E-state index < -0.39 is 11.9 Å². The summed E-state index contributed by atoms with van der Waals surface area (Å²) in [7, 11) is 0. The Kier molecular flexibility index (Phi) is 4.33. The summed E-state index contributed by atoms with van der Waals surface area (Å²) in [5.41, 5.74) is 0.946. The second-order valence-electron chi connectivity index (χ2n) is 5.73. The fraction of sp³-hybridized carbons (Fsp3) is 0.471. The number of hydrogen-bond acceptors (Lipinski definition) is 2. The van der Waals surface area contributed by atoms with E-state index in [9.17, 15) is 13.2 Å². The largest absolute Gasteiger partial charge is 0.494 e. The summed E-state index contributed by atoms with van der Waals surface area (Å²) < 4.78 is 46.6. The summed E-state index contributed by atoms with van der Waals surface area (Å²) in [6.45, 7) is 2.64. The molecule has 0 aliphatic heterocycles. The van der Waals surface area contributed by atoms with Crippen LogP contribution in [0.2, 0.25) is 0 Å². The molecule has 1 aliphatic rings. The van der Waals surface area contributed by atoms with Gasteiger partial charge in [-0.05, 0) is 56.4 Å². The Bertz CT molecular complexity index is 674. The molecular formula is C17H19F3N2O. The lowest BCUT2D eigenvalue weighted by Gasteiger charge is -2.15. The third-order valence-corrected chi connectivity index (χ3v) is 4.00. The highest BCUT2D eigenvalue weighted by Crippen LogP contribution is 2.36. The molecule has 0 atom stereocenters. The van der Waals surface area contributed by atoms with Crippen molar-refractivity contribution in [3.05, 3.63) is 41.2 Å². The van der Waals surface area contributed by atoms with Crippen molar-refractivity contribution in [1.82, 2.24) is 9.78 Å². The standard InChI is InChI=1S/C17H19F3N2O/c1-2-11-23-13-9-7-12(8-10-13)22-15-6-4-3-5-14(15)16(21-22)17(18,19)20/h7-10H,2-6,11H2,1H3. The maximum atomic E-state index is 13.2. The van der Waals surface area contributed by atoms with Crippen LogP contribution >= 0.6 is 0 Å². The van der Waals surface area contributed by atoms with Crippen molar-refractivity contribution in [3.8, 4) is 11.4 Å². The molecular weight excluding hydrogens is 305 g/mol. The predicted octanol–water partition coefficient (Wildman–Crippen LogP) is 4.56. The minimum absolute atomic E-state index is 0.357. The van der Waals surface area contributed by atoms with Gasteiger partial charge in [0.15, 0.2) is 5.69 Å². The van der Waals surface area contributed by atoms with Gasteiger partial charge in [0.25, 0.3) is 0 Å². The van der Waals surface area contributed by atoms with Crippen LogP contribution in [0.1, 0.15) is 43.1 Å². The number of fused-ring (bicyclic) bond motifs is 1. The molecule has 1 heterocycles. The van der Waals surface area contributed by atoms with Crippen LogP contribution in [0.3, 0.4) is 0 Å². The van der Waals surface area contributed by atoms with Gasteiger partial charge in [0.1, 0.15) is 5.75 Å². The lowest BCUT2D eigenvalue weighted by atomic mass is 9.95. The first-order valence-electron chi connectivity index (χ1n) is 7.92. The maximum Gasteiger partial charge on any atom is 0.435 e. The molecule has 0 saturated heterocycles. The zero-order valence-corrected chi connectivity index (χ0v) is 13.0. The Labute approximate surface area is 133 Å². The second kappa shape index (κ2) is 6.26. The number of hydrogen-bond donors (Lipinski definition) is 0. The number of nitrogens with zero attached hydrogens (tertiary/aromatic N) is 2. The van der Waals surface area contributed by atoms with Crippen LogP contribution in [0, 0.1) is 0 Å². The highest BCUT2D eigenvalue weighted by molar-refractivity contribution is 5.42. The lowest BCUT2D eigenvalue weighted by molar-refractivity contribution is -0.142. The topological polar surface area (TPSA) is 27.1 Å². The van der Waals surface area contributed by atoms with Crippen molar-refractivity contribution in [1.29, 1.82) is 0 Å². The molecule has 3 rings (SSSR count). The number of benzene rings is 1. The Morgan fingerprint density at radius 2 is 1.83 bits per heavy atom. The van der Waals surface area contributed by atoms with Crippen molar-refractivity contribution in [2.45, 2.75) is 45.2 Å². The zero-order chi connectivity index (χ0) is 16.4. The van der Waals surface area contributed by atoms with E-state index in [0.717, 1.165) is 19.3 Å². The van der Waals surface area contributed by atoms with E-state index in [1.54, 1.807) is 24.3 Å². The molecule has 0 amide bonds. The van der Waals surface area contributed by atoms with Gasteiger partial charge in [0.05, 0.1) is 12.3 Å². The van der Waals surface area contributed by atoms with Crippen LogP contribution in [0.15, 0.2) is 24.3 Å². The van der Waals surface area contributed by atoms with Crippen molar-refractivity contribution < 1.29 is 17.9 Å². The number of aromatic nitrogens is 2.